The van der Waals surface area contributed by atoms with E-state index in [1.165, 1.54) is 6.07 Å². The Hall–Kier alpha value is -3.12. The van der Waals surface area contributed by atoms with E-state index in [2.05, 4.69) is 20.6 Å². The molecule has 3 N–H and O–H groups in total. The fraction of sp³-hybridized carbons (Fsp3) is 0.368. The van der Waals surface area contributed by atoms with Crippen LogP contribution in [-0.2, 0) is 20.5 Å². The summed E-state index contributed by atoms with van der Waals surface area (Å²) in [5.41, 5.74) is -1.98. The van der Waals surface area contributed by atoms with Gasteiger partial charge in [0.2, 0.25) is 17.8 Å². The number of hydrogen-bond acceptors (Lipinski definition) is 6. The smallest absolute Gasteiger partial charge is 0.378 e. The van der Waals surface area contributed by atoms with Crippen molar-refractivity contribution in [3.05, 3.63) is 44.7 Å². The Kier molecular flexibility index (Phi) is 5.82. The number of nitrogens with zero attached hydrogens (tertiary/aromatic N) is 2. The molecule has 1 saturated heterocycles. The lowest BCUT2D eigenvalue weighted by Gasteiger charge is -2.29. The van der Waals surface area contributed by atoms with E-state index in [0.717, 1.165) is 6.07 Å². The minimum absolute atomic E-state index is 0.0567. The molecule has 1 atom stereocenters. The summed E-state index contributed by atoms with van der Waals surface area (Å²) in [5.74, 6) is -2.43. The van der Waals surface area contributed by atoms with Crippen LogP contribution in [0.15, 0.2) is 23.0 Å². The van der Waals surface area contributed by atoms with E-state index in [1.54, 1.807) is 4.90 Å². The van der Waals surface area contributed by atoms with Gasteiger partial charge in [0.1, 0.15) is 5.82 Å². The number of rotatable bonds is 3. The predicted molar refractivity (Wildman–Crippen MR) is 109 cm³/mol. The van der Waals surface area contributed by atoms with Crippen molar-refractivity contribution < 1.29 is 27.5 Å². The number of aromatic nitrogens is 2. The molecule has 9 nitrogen and oxygen atoms in total. The molecule has 32 heavy (non-hydrogen) atoms. The van der Waals surface area contributed by atoms with Gasteiger partial charge in [-0.2, -0.15) is 18.2 Å². The zero-order valence-electron chi connectivity index (χ0n) is 16.4. The predicted octanol–water partition coefficient (Wildman–Crippen LogP) is 2.34. The van der Waals surface area contributed by atoms with Gasteiger partial charge in [0, 0.05) is 25.2 Å². The molecule has 2 aliphatic rings. The number of halogens is 4. The summed E-state index contributed by atoms with van der Waals surface area (Å²) in [6.07, 6.45) is -5.08. The molecule has 1 aromatic carbocycles. The van der Waals surface area contributed by atoms with E-state index in [1.807, 2.05) is 0 Å². The largest absolute Gasteiger partial charge is 0.417 e. The molecule has 0 aliphatic carbocycles. The third kappa shape index (κ3) is 4.41. The summed E-state index contributed by atoms with van der Waals surface area (Å²) < 4.78 is 44.6. The number of alkyl halides is 3. The first-order valence-electron chi connectivity index (χ1n) is 9.58. The molecule has 1 fully saturated rings. The molecule has 0 unspecified atom stereocenters. The summed E-state index contributed by atoms with van der Waals surface area (Å²) in [7, 11) is 0. The van der Waals surface area contributed by atoms with Gasteiger partial charge in [0.05, 0.1) is 35.3 Å². The zero-order valence-corrected chi connectivity index (χ0v) is 17.1. The zero-order chi connectivity index (χ0) is 23.0. The SMILES string of the molecule is O=C1C[C@H](C(=O)Nc2ccc(Cl)c(C(F)(F)F)c2)c2c(nc(N3CCOCC3)[nH]c2=O)N1. The molecule has 170 valence electrons. The fourth-order valence-corrected chi connectivity index (χ4v) is 3.78. The molecule has 2 aliphatic heterocycles. The van der Waals surface area contributed by atoms with Crippen molar-refractivity contribution in [1.29, 1.82) is 0 Å². The van der Waals surface area contributed by atoms with Crippen molar-refractivity contribution in [1.82, 2.24) is 9.97 Å². The minimum atomic E-state index is -4.72. The average Bonchev–Trinajstić information content (AvgIpc) is 2.74. The van der Waals surface area contributed by atoms with Crippen LogP contribution in [0.3, 0.4) is 0 Å². The molecule has 0 saturated carbocycles. The van der Waals surface area contributed by atoms with Crippen molar-refractivity contribution in [2.75, 3.05) is 41.8 Å². The maximum absolute atomic E-state index is 13.1. The number of fused-ring (bicyclic) bond motifs is 1. The van der Waals surface area contributed by atoms with Gasteiger partial charge in [-0.05, 0) is 18.2 Å². The number of carbonyl (C=O) groups is 2. The fourth-order valence-electron chi connectivity index (χ4n) is 3.56. The number of nitrogens with one attached hydrogen (secondary N) is 3. The van der Waals surface area contributed by atoms with Crippen molar-refractivity contribution >= 4 is 40.9 Å². The first-order chi connectivity index (χ1) is 15.1. The number of ether oxygens (including phenoxy) is 1. The quantitative estimate of drug-likeness (QED) is 0.632. The highest BCUT2D eigenvalue weighted by Crippen LogP contribution is 2.37. The van der Waals surface area contributed by atoms with Crippen LogP contribution in [0.2, 0.25) is 5.02 Å². The van der Waals surface area contributed by atoms with Crippen LogP contribution in [-0.4, -0.2) is 48.1 Å². The Morgan fingerprint density at radius 2 is 1.97 bits per heavy atom. The van der Waals surface area contributed by atoms with Crippen LogP contribution >= 0.6 is 11.6 Å². The summed E-state index contributed by atoms with van der Waals surface area (Å²) in [5, 5.41) is 4.30. The van der Waals surface area contributed by atoms with Gasteiger partial charge in [0.25, 0.3) is 5.56 Å². The van der Waals surface area contributed by atoms with Crippen molar-refractivity contribution in [3.63, 3.8) is 0 Å². The van der Waals surface area contributed by atoms with Gasteiger partial charge in [-0.1, -0.05) is 11.6 Å². The van der Waals surface area contributed by atoms with Gasteiger partial charge < -0.3 is 20.3 Å². The third-order valence-corrected chi connectivity index (χ3v) is 5.43. The summed E-state index contributed by atoms with van der Waals surface area (Å²) >= 11 is 5.60. The van der Waals surface area contributed by atoms with Crippen LogP contribution in [0.1, 0.15) is 23.5 Å². The van der Waals surface area contributed by atoms with Gasteiger partial charge in [0.15, 0.2) is 0 Å². The second-order valence-electron chi connectivity index (χ2n) is 7.24. The molecule has 0 spiro atoms. The number of amides is 2. The molecular formula is C19H17ClF3N5O4. The number of carbonyl (C=O) groups excluding carboxylic acids is 2. The van der Waals surface area contributed by atoms with Gasteiger partial charge >= 0.3 is 6.18 Å². The maximum Gasteiger partial charge on any atom is 0.417 e. The van der Waals surface area contributed by atoms with Crippen LogP contribution < -0.4 is 21.1 Å². The van der Waals surface area contributed by atoms with Crippen LogP contribution in [0.5, 0.6) is 0 Å². The monoisotopic (exact) mass is 471 g/mol. The van der Waals surface area contributed by atoms with Crippen LogP contribution in [0, 0.1) is 0 Å². The molecular weight excluding hydrogens is 455 g/mol. The Morgan fingerprint density at radius 3 is 2.66 bits per heavy atom. The van der Waals surface area contributed by atoms with Gasteiger partial charge in [-0.3, -0.25) is 19.4 Å². The first-order valence-corrected chi connectivity index (χ1v) is 9.95. The maximum atomic E-state index is 13.1. The molecule has 13 heteroatoms. The topological polar surface area (TPSA) is 116 Å². The molecule has 3 heterocycles. The lowest BCUT2D eigenvalue weighted by atomic mass is 9.92. The molecule has 2 aromatic rings. The number of hydrogen-bond donors (Lipinski definition) is 3. The number of anilines is 3. The Labute approximate surface area is 183 Å². The normalized spacial score (nSPS) is 18.7. The van der Waals surface area contributed by atoms with Crippen molar-refractivity contribution in [2.45, 2.75) is 18.5 Å². The second-order valence-corrected chi connectivity index (χ2v) is 7.64. The Bertz CT molecular complexity index is 1130. The van der Waals surface area contributed by atoms with E-state index in [4.69, 9.17) is 16.3 Å². The summed E-state index contributed by atoms with van der Waals surface area (Å²) in [6, 6.07) is 2.89. The highest BCUT2D eigenvalue weighted by molar-refractivity contribution is 6.31. The standard InChI is InChI=1S/C19H17ClF3N5O4/c20-12-2-1-9(7-11(12)19(21,22)23)24-16(30)10-8-13(29)25-15-14(10)17(31)27-18(26-15)28-3-5-32-6-4-28/h1-2,7,10H,3-6,8H2,(H,24,30)(H2,25,26,27,29,31)/t10-/m0/s1. The highest BCUT2D eigenvalue weighted by Gasteiger charge is 2.36. The van der Waals surface area contributed by atoms with E-state index >= 15 is 0 Å². The first kappa shape index (κ1) is 22.1. The Balaban J connectivity index is 1.63. The molecule has 0 radical (unpaired) electrons. The molecule has 4 rings (SSSR count). The van der Waals surface area contributed by atoms with Crippen molar-refractivity contribution in [3.8, 4) is 0 Å². The minimum Gasteiger partial charge on any atom is -0.378 e. The third-order valence-electron chi connectivity index (χ3n) is 5.10. The summed E-state index contributed by atoms with van der Waals surface area (Å²) in [6.45, 7) is 1.85. The van der Waals surface area contributed by atoms with E-state index < -0.39 is 40.1 Å². The number of morpholine rings is 1. The number of aromatic amines is 1. The second kappa shape index (κ2) is 8.43. The van der Waals surface area contributed by atoms with E-state index in [9.17, 15) is 27.6 Å². The van der Waals surface area contributed by atoms with Gasteiger partial charge in [-0.15, -0.1) is 0 Å². The lowest BCUT2D eigenvalue weighted by Crippen LogP contribution is -2.41. The molecule has 1 aromatic heterocycles. The lowest BCUT2D eigenvalue weighted by molar-refractivity contribution is -0.137. The van der Waals surface area contributed by atoms with E-state index in [0.29, 0.717) is 32.4 Å². The molecule has 2 amide bonds. The summed E-state index contributed by atoms with van der Waals surface area (Å²) in [4.78, 5) is 46.5. The van der Waals surface area contributed by atoms with Crippen LogP contribution in [0.4, 0.5) is 30.6 Å². The van der Waals surface area contributed by atoms with Gasteiger partial charge in [-0.25, -0.2) is 0 Å². The van der Waals surface area contributed by atoms with Crippen LogP contribution in [0.25, 0.3) is 0 Å². The van der Waals surface area contributed by atoms with Crippen molar-refractivity contribution in [2.24, 2.45) is 0 Å². The van der Waals surface area contributed by atoms with E-state index in [-0.39, 0.29) is 29.4 Å². The Morgan fingerprint density at radius 1 is 1.25 bits per heavy atom. The number of benzene rings is 1. The average molecular weight is 472 g/mol. The number of H-pyrrole nitrogens is 1. The molecule has 0 bridgehead atoms. The highest BCUT2D eigenvalue weighted by atomic mass is 35.5.